The molecule has 0 aromatic heterocycles. The summed E-state index contributed by atoms with van der Waals surface area (Å²) in [5.41, 5.74) is 2.35. The van der Waals surface area contributed by atoms with Crippen LogP contribution in [0.15, 0.2) is 29.3 Å². The Labute approximate surface area is 117 Å². The van der Waals surface area contributed by atoms with Crippen molar-refractivity contribution in [1.82, 2.24) is 0 Å². The number of carbonyl (C=O) groups is 2. The second-order valence-electron chi connectivity index (χ2n) is 4.52. The van der Waals surface area contributed by atoms with Gasteiger partial charge in [-0.05, 0) is 24.0 Å². The number of rotatable bonds is 6. The van der Waals surface area contributed by atoms with Gasteiger partial charge in [0.2, 0.25) is 5.78 Å². The van der Waals surface area contributed by atoms with E-state index in [1.165, 1.54) is 5.56 Å². The number of hydrogen-bond donors (Lipinski definition) is 0. The Bertz CT molecular complexity index is 493. The van der Waals surface area contributed by atoms with Gasteiger partial charge in [-0.2, -0.15) is 0 Å². The summed E-state index contributed by atoms with van der Waals surface area (Å²) in [6, 6.07) is 8.21. The zero-order chi connectivity index (χ0) is 13.7. The smallest absolute Gasteiger partial charge is 0.205 e. The van der Waals surface area contributed by atoms with Crippen molar-refractivity contribution in [3.05, 3.63) is 35.4 Å². The molecule has 0 saturated heterocycles. The van der Waals surface area contributed by atoms with Crippen molar-refractivity contribution in [3.8, 4) is 0 Å². The fraction of sp³-hybridized carbons (Fsp3) is 0.400. The Morgan fingerprint density at radius 3 is 2.58 bits per heavy atom. The van der Waals surface area contributed by atoms with E-state index in [0.29, 0.717) is 12.7 Å². The predicted octanol–water partition coefficient (Wildman–Crippen LogP) is 2.32. The summed E-state index contributed by atoms with van der Waals surface area (Å²) in [4.78, 5) is 26.9. The van der Waals surface area contributed by atoms with E-state index in [1.54, 1.807) is 11.8 Å². The average Bonchev–Trinajstić information content (AvgIpc) is 2.98. The number of thioether (sulfide) groups is 1. The number of aldehydes is 1. The third kappa shape index (κ3) is 3.53. The number of aliphatic imine (C=N–C) groups is 1. The highest BCUT2D eigenvalue weighted by atomic mass is 32.2. The highest BCUT2D eigenvalue weighted by Crippen LogP contribution is 2.23. The zero-order valence-corrected chi connectivity index (χ0v) is 11.8. The average molecular weight is 275 g/mol. The van der Waals surface area contributed by atoms with E-state index in [1.807, 2.05) is 12.1 Å². The molecule has 19 heavy (non-hydrogen) atoms. The normalized spacial score (nSPS) is 15.9. The molecule has 1 aliphatic rings. The molecule has 0 amide bonds. The predicted molar refractivity (Wildman–Crippen MR) is 78.8 cm³/mol. The Hall–Kier alpha value is -1.42. The summed E-state index contributed by atoms with van der Waals surface area (Å²) in [5.74, 6) is 0.150. The van der Waals surface area contributed by atoms with Gasteiger partial charge in [-0.15, -0.1) is 11.8 Å². The SMILES string of the molecule is CCc1ccc(CC(C(=O)C=O)C2=NCCS2)cc1. The Morgan fingerprint density at radius 1 is 1.37 bits per heavy atom. The summed E-state index contributed by atoms with van der Waals surface area (Å²) in [5, 5.41) is 0.816. The first kappa shape index (κ1) is 14.0. The molecule has 0 aliphatic carbocycles. The fourth-order valence-corrected chi connectivity index (χ4v) is 3.08. The first-order valence-corrected chi connectivity index (χ1v) is 7.47. The van der Waals surface area contributed by atoms with Crippen molar-refractivity contribution >= 4 is 28.9 Å². The largest absolute Gasteiger partial charge is 0.295 e. The van der Waals surface area contributed by atoms with E-state index in [9.17, 15) is 9.59 Å². The zero-order valence-electron chi connectivity index (χ0n) is 11.0. The van der Waals surface area contributed by atoms with Gasteiger partial charge in [0, 0.05) is 12.3 Å². The van der Waals surface area contributed by atoms with Gasteiger partial charge >= 0.3 is 0 Å². The number of ketones is 1. The Balaban J connectivity index is 2.14. The molecule has 0 spiro atoms. The summed E-state index contributed by atoms with van der Waals surface area (Å²) in [6.45, 7) is 2.86. The summed E-state index contributed by atoms with van der Waals surface area (Å²) in [6.07, 6.45) is 1.99. The van der Waals surface area contributed by atoms with Crippen molar-refractivity contribution in [3.63, 3.8) is 0 Å². The van der Waals surface area contributed by atoms with Crippen LogP contribution < -0.4 is 0 Å². The van der Waals surface area contributed by atoms with Crippen molar-refractivity contribution in [2.75, 3.05) is 12.3 Å². The van der Waals surface area contributed by atoms with Crippen LogP contribution in [-0.4, -0.2) is 29.4 Å². The number of Topliss-reactive ketones (excluding diaryl/α,β-unsaturated/α-hetero) is 1. The number of carbonyl (C=O) groups excluding carboxylic acids is 2. The van der Waals surface area contributed by atoms with Crippen LogP contribution in [0.25, 0.3) is 0 Å². The Morgan fingerprint density at radius 2 is 2.05 bits per heavy atom. The molecule has 0 bridgehead atoms. The van der Waals surface area contributed by atoms with Gasteiger partial charge in [-0.1, -0.05) is 31.2 Å². The lowest BCUT2D eigenvalue weighted by Gasteiger charge is -2.13. The minimum atomic E-state index is -0.391. The molecule has 4 heteroatoms. The maximum Gasteiger partial charge on any atom is 0.205 e. The van der Waals surface area contributed by atoms with Gasteiger partial charge in [0.05, 0.1) is 11.0 Å². The van der Waals surface area contributed by atoms with Gasteiger partial charge in [0.25, 0.3) is 0 Å². The van der Waals surface area contributed by atoms with Gasteiger partial charge in [0.15, 0.2) is 6.29 Å². The van der Waals surface area contributed by atoms with Crippen LogP contribution in [0.1, 0.15) is 18.1 Å². The minimum absolute atomic E-state index is 0.368. The molecule has 3 nitrogen and oxygen atoms in total. The first-order valence-electron chi connectivity index (χ1n) is 6.48. The van der Waals surface area contributed by atoms with Crippen LogP contribution in [0.4, 0.5) is 0 Å². The van der Waals surface area contributed by atoms with E-state index in [0.717, 1.165) is 29.3 Å². The molecule has 100 valence electrons. The van der Waals surface area contributed by atoms with Gasteiger partial charge in [-0.25, -0.2) is 0 Å². The number of nitrogens with zero attached hydrogens (tertiary/aromatic N) is 1. The van der Waals surface area contributed by atoms with Gasteiger partial charge in [0.1, 0.15) is 0 Å². The monoisotopic (exact) mass is 275 g/mol. The standard InChI is InChI=1S/C15H17NO2S/c1-2-11-3-5-12(6-4-11)9-13(14(18)10-17)15-16-7-8-19-15/h3-6,10,13H,2,7-9H2,1H3. The van der Waals surface area contributed by atoms with Crippen molar-refractivity contribution in [2.45, 2.75) is 19.8 Å². The maximum atomic E-state index is 11.8. The van der Waals surface area contributed by atoms with E-state index < -0.39 is 5.92 Å². The lowest BCUT2D eigenvalue weighted by atomic mass is 9.95. The number of aryl methyl sites for hydroxylation is 1. The fourth-order valence-electron chi connectivity index (χ4n) is 2.10. The second-order valence-corrected chi connectivity index (χ2v) is 5.63. The van der Waals surface area contributed by atoms with Crippen LogP contribution in [0.2, 0.25) is 0 Å². The summed E-state index contributed by atoms with van der Waals surface area (Å²) >= 11 is 1.59. The first-order chi connectivity index (χ1) is 9.24. The van der Waals surface area contributed by atoms with Crippen LogP contribution in [0.3, 0.4) is 0 Å². The molecule has 1 unspecified atom stereocenters. The third-order valence-corrected chi connectivity index (χ3v) is 4.33. The summed E-state index contributed by atoms with van der Waals surface area (Å²) in [7, 11) is 0. The molecule has 2 rings (SSSR count). The van der Waals surface area contributed by atoms with E-state index >= 15 is 0 Å². The molecule has 0 radical (unpaired) electrons. The van der Waals surface area contributed by atoms with Crippen molar-refractivity contribution in [2.24, 2.45) is 10.9 Å². The molecule has 0 saturated carbocycles. The van der Waals surface area contributed by atoms with Crippen LogP contribution in [0, 0.1) is 5.92 Å². The highest BCUT2D eigenvalue weighted by Gasteiger charge is 2.26. The van der Waals surface area contributed by atoms with Gasteiger partial charge < -0.3 is 0 Å². The quantitative estimate of drug-likeness (QED) is 0.591. The molecule has 1 aromatic rings. The second kappa shape index (κ2) is 6.66. The van der Waals surface area contributed by atoms with Crippen LogP contribution in [-0.2, 0) is 22.4 Å². The number of benzene rings is 1. The molecule has 1 aromatic carbocycles. The molecule has 1 aliphatic heterocycles. The molecular weight excluding hydrogens is 258 g/mol. The van der Waals surface area contributed by atoms with Crippen molar-refractivity contribution < 1.29 is 9.59 Å². The lowest BCUT2D eigenvalue weighted by Crippen LogP contribution is -2.24. The lowest BCUT2D eigenvalue weighted by molar-refractivity contribution is -0.131. The van der Waals surface area contributed by atoms with E-state index in [-0.39, 0.29) is 5.78 Å². The number of hydrogen-bond acceptors (Lipinski definition) is 4. The molecule has 1 atom stereocenters. The third-order valence-electron chi connectivity index (χ3n) is 3.24. The minimum Gasteiger partial charge on any atom is -0.295 e. The molecule has 0 fully saturated rings. The topological polar surface area (TPSA) is 46.5 Å². The van der Waals surface area contributed by atoms with Gasteiger partial charge in [-0.3, -0.25) is 14.6 Å². The maximum absolute atomic E-state index is 11.8. The molecule has 1 heterocycles. The van der Waals surface area contributed by atoms with Crippen LogP contribution >= 0.6 is 11.8 Å². The van der Waals surface area contributed by atoms with Crippen molar-refractivity contribution in [1.29, 1.82) is 0 Å². The van der Waals surface area contributed by atoms with E-state index in [4.69, 9.17) is 0 Å². The van der Waals surface area contributed by atoms with Crippen LogP contribution in [0.5, 0.6) is 0 Å². The molecular formula is C15H17NO2S. The Kier molecular flexibility index (Phi) is 4.91. The molecule has 0 N–H and O–H groups in total. The van der Waals surface area contributed by atoms with E-state index in [2.05, 4.69) is 24.0 Å². The summed E-state index contributed by atoms with van der Waals surface area (Å²) < 4.78 is 0. The highest BCUT2D eigenvalue weighted by molar-refractivity contribution is 8.14.